The predicted molar refractivity (Wildman–Crippen MR) is 82.7 cm³/mol. The normalized spacial score (nSPS) is 21.3. The van der Waals surface area contributed by atoms with Crippen molar-refractivity contribution in [2.24, 2.45) is 0 Å². The van der Waals surface area contributed by atoms with Crippen molar-refractivity contribution in [2.45, 2.75) is 32.2 Å². The van der Waals surface area contributed by atoms with Gasteiger partial charge in [-0.2, -0.15) is 0 Å². The molecule has 1 fully saturated rings. The largest absolute Gasteiger partial charge is 0.357 e. The van der Waals surface area contributed by atoms with Gasteiger partial charge in [0.2, 0.25) is 5.91 Å². The molecule has 3 rings (SSSR count). The molecule has 22 heavy (non-hydrogen) atoms. The van der Waals surface area contributed by atoms with Crippen LogP contribution in [-0.2, 0) is 4.79 Å². The molecule has 0 bridgehead atoms. The maximum Gasteiger partial charge on any atom is 0.274 e. The fourth-order valence-corrected chi connectivity index (χ4v) is 3.19. The quantitative estimate of drug-likeness (QED) is 0.911. The van der Waals surface area contributed by atoms with Crippen molar-refractivity contribution in [3.63, 3.8) is 0 Å². The molecule has 0 aromatic carbocycles. The number of pyridine rings is 1. The molecule has 1 saturated heterocycles. The van der Waals surface area contributed by atoms with Crippen LogP contribution in [0.3, 0.4) is 0 Å². The number of fused-ring (bicyclic) bond motifs is 1. The molecular weight excluding hydrogens is 280 g/mol. The summed E-state index contributed by atoms with van der Waals surface area (Å²) in [6.07, 6.45) is 5.09. The average molecular weight is 300 g/mol. The van der Waals surface area contributed by atoms with Gasteiger partial charge >= 0.3 is 0 Å². The number of hydrogen-bond donors (Lipinski definition) is 1. The Morgan fingerprint density at radius 2 is 2.18 bits per heavy atom. The minimum absolute atomic E-state index is 0.127. The number of likely N-dealkylation sites (tertiary alicyclic amines) is 1. The van der Waals surface area contributed by atoms with Crippen LogP contribution >= 0.6 is 0 Å². The van der Waals surface area contributed by atoms with Gasteiger partial charge in [-0.15, -0.1) is 0 Å². The van der Waals surface area contributed by atoms with Crippen molar-refractivity contribution >= 4 is 17.5 Å². The Bertz CT molecular complexity index is 752. The van der Waals surface area contributed by atoms with E-state index in [2.05, 4.69) is 10.3 Å². The fourth-order valence-electron chi connectivity index (χ4n) is 3.19. The van der Waals surface area contributed by atoms with Crippen molar-refractivity contribution in [2.75, 3.05) is 13.6 Å². The number of nitrogens with zero attached hydrogens (tertiary/aromatic N) is 3. The Morgan fingerprint density at radius 3 is 2.86 bits per heavy atom. The first-order valence-corrected chi connectivity index (χ1v) is 7.46. The third-order valence-corrected chi connectivity index (χ3v) is 4.50. The van der Waals surface area contributed by atoms with Crippen LogP contribution in [0, 0.1) is 6.92 Å². The molecule has 1 unspecified atom stereocenters. The van der Waals surface area contributed by atoms with E-state index in [0.717, 1.165) is 17.6 Å². The Balaban J connectivity index is 1.98. The zero-order valence-corrected chi connectivity index (χ0v) is 13.1. The van der Waals surface area contributed by atoms with E-state index in [1.54, 1.807) is 18.1 Å². The number of imidazole rings is 1. The van der Waals surface area contributed by atoms with E-state index in [0.29, 0.717) is 18.7 Å². The van der Waals surface area contributed by atoms with Crippen LogP contribution in [0.1, 0.15) is 35.8 Å². The monoisotopic (exact) mass is 300 g/mol. The third-order valence-electron chi connectivity index (χ3n) is 4.50. The molecule has 2 amide bonds. The minimum atomic E-state index is -0.795. The molecule has 116 valence electrons. The van der Waals surface area contributed by atoms with Crippen LogP contribution in [0.25, 0.3) is 5.65 Å². The average Bonchev–Trinajstić information content (AvgIpc) is 3.11. The molecule has 1 atom stereocenters. The molecule has 0 saturated carbocycles. The van der Waals surface area contributed by atoms with E-state index in [4.69, 9.17) is 0 Å². The smallest absolute Gasteiger partial charge is 0.274 e. The van der Waals surface area contributed by atoms with Gasteiger partial charge in [0.1, 0.15) is 16.9 Å². The van der Waals surface area contributed by atoms with E-state index in [-0.39, 0.29) is 11.8 Å². The predicted octanol–water partition coefficient (Wildman–Crippen LogP) is 1.38. The van der Waals surface area contributed by atoms with Gasteiger partial charge in [0.05, 0.1) is 0 Å². The number of rotatable bonds is 2. The van der Waals surface area contributed by atoms with Crippen LogP contribution in [0.15, 0.2) is 24.5 Å². The highest BCUT2D eigenvalue weighted by molar-refractivity contribution is 5.98. The first-order valence-electron chi connectivity index (χ1n) is 7.46. The summed E-state index contributed by atoms with van der Waals surface area (Å²) in [5.74, 6) is -0.315. The number of aryl methyl sites for hydroxylation is 1. The van der Waals surface area contributed by atoms with Gasteiger partial charge in [-0.3, -0.25) is 9.59 Å². The minimum Gasteiger partial charge on any atom is -0.357 e. The molecule has 3 heterocycles. The molecule has 0 radical (unpaired) electrons. The maximum atomic E-state index is 12.8. The lowest BCUT2D eigenvalue weighted by molar-refractivity contribution is -0.129. The Kier molecular flexibility index (Phi) is 3.39. The van der Waals surface area contributed by atoms with E-state index in [1.165, 1.54) is 0 Å². The fraction of sp³-hybridized carbons (Fsp3) is 0.438. The van der Waals surface area contributed by atoms with Gasteiger partial charge in [0, 0.05) is 26.0 Å². The summed E-state index contributed by atoms with van der Waals surface area (Å²) in [7, 11) is 1.60. The summed E-state index contributed by atoms with van der Waals surface area (Å²) in [5.41, 5.74) is 1.37. The highest BCUT2D eigenvalue weighted by atomic mass is 16.2. The summed E-state index contributed by atoms with van der Waals surface area (Å²) in [5, 5.41) is 2.66. The first kappa shape index (κ1) is 14.6. The molecule has 0 aliphatic carbocycles. The van der Waals surface area contributed by atoms with Gasteiger partial charge in [-0.25, -0.2) is 4.98 Å². The zero-order valence-electron chi connectivity index (χ0n) is 13.1. The summed E-state index contributed by atoms with van der Waals surface area (Å²) >= 11 is 0. The topological polar surface area (TPSA) is 66.7 Å². The summed E-state index contributed by atoms with van der Waals surface area (Å²) in [6, 6.07) is 3.88. The van der Waals surface area contributed by atoms with Crippen LogP contribution in [-0.4, -0.2) is 45.2 Å². The molecule has 6 heteroatoms. The molecular formula is C16H20N4O2. The summed E-state index contributed by atoms with van der Waals surface area (Å²) in [4.78, 5) is 31.1. The Hall–Kier alpha value is -2.37. The van der Waals surface area contributed by atoms with Crippen molar-refractivity contribution in [3.05, 3.63) is 35.8 Å². The number of likely N-dealkylation sites (N-methyl/N-ethyl adjacent to an activating group) is 1. The van der Waals surface area contributed by atoms with Gasteiger partial charge in [0.25, 0.3) is 5.91 Å². The van der Waals surface area contributed by atoms with E-state index in [9.17, 15) is 9.59 Å². The van der Waals surface area contributed by atoms with Gasteiger partial charge < -0.3 is 14.6 Å². The Labute approximate surface area is 129 Å². The summed E-state index contributed by atoms with van der Waals surface area (Å²) < 4.78 is 1.84. The lowest BCUT2D eigenvalue weighted by Gasteiger charge is -2.32. The van der Waals surface area contributed by atoms with Crippen LogP contribution in [0.4, 0.5) is 0 Å². The molecule has 6 nitrogen and oxygen atoms in total. The molecule has 1 aliphatic rings. The first-order chi connectivity index (χ1) is 10.5. The van der Waals surface area contributed by atoms with E-state index < -0.39 is 5.54 Å². The van der Waals surface area contributed by atoms with Gasteiger partial charge in [-0.1, -0.05) is 6.07 Å². The van der Waals surface area contributed by atoms with Crippen molar-refractivity contribution in [1.82, 2.24) is 19.6 Å². The van der Waals surface area contributed by atoms with Crippen LogP contribution in [0.2, 0.25) is 0 Å². The number of nitrogens with one attached hydrogen (secondary N) is 1. The van der Waals surface area contributed by atoms with Crippen molar-refractivity contribution in [1.29, 1.82) is 0 Å². The molecule has 2 aromatic heterocycles. The zero-order chi connectivity index (χ0) is 15.9. The lowest BCUT2D eigenvalue weighted by atomic mass is 9.97. The second kappa shape index (κ2) is 5.12. The molecule has 1 N–H and O–H groups in total. The van der Waals surface area contributed by atoms with Crippen molar-refractivity contribution < 1.29 is 9.59 Å². The number of carbonyl (C=O) groups is 2. The van der Waals surface area contributed by atoms with E-state index >= 15 is 0 Å². The second-order valence-electron chi connectivity index (χ2n) is 5.96. The van der Waals surface area contributed by atoms with E-state index in [1.807, 2.05) is 36.6 Å². The highest BCUT2D eigenvalue weighted by Gasteiger charge is 2.45. The lowest BCUT2D eigenvalue weighted by Crippen LogP contribution is -2.54. The van der Waals surface area contributed by atoms with Crippen LogP contribution < -0.4 is 5.32 Å². The van der Waals surface area contributed by atoms with Crippen molar-refractivity contribution in [3.8, 4) is 0 Å². The summed E-state index contributed by atoms with van der Waals surface area (Å²) in [6.45, 7) is 4.36. The third kappa shape index (κ3) is 2.06. The van der Waals surface area contributed by atoms with Crippen LogP contribution in [0.5, 0.6) is 0 Å². The number of hydrogen-bond acceptors (Lipinski definition) is 3. The standard InChI is InChI=1S/C16H20N4O2/c1-11-6-4-8-19-10-12(18-13(11)19)14(21)20-9-5-7-16(20,2)15(22)17-3/h4,6,8,10H,5,7,9H2,1-3H3,(H,17,22). The molecule has 2 aromatic rings. The second-order valence-corrected chi connectivity index (χ2v) is 5.96. The van der Waals surface area contributed by atoms with Gasteiger partial charge in [0.15, 0.2) is 0 Å². The number of aromatic nitrogens is 2. The van der Waals surface area contributed by atoms with Gasteiger partial charge in [-0.05, 0) is 38.3 Å². The molecule has 0 spiro atoms. The molecule has 1 aliphatic heterocycles. The number of amides is 2. The Morgan fingerprint density at radius 1 is 1.41 bits per heavy atom. The number of carbonyl (C=O) groups excluding carboxylic acids is 2. The maximum absolute atomic E-state index is 12.8. The highest BCUT2D eigenvalue weighted by Crippen LogP contribution is 2.30. The SMILES string of the molecule is CNC(=O)C1(C)CCCN1C(=O)c1cn2cccc(C)c2n1.